The third-order valence-electron chi connectivity index (χ3n) is 3.76. The summed E-state index contributed by atoms with van der Waals surface area (Å²) in [6.07, 6.45) is 6.29. The maximum absolute atomic E-state index is 9.76. The topological polar surface area (TPSA) is 45.2 Å². The molecule has 1 aromatic rings. The van der Waals surface area contributed by atoms with E-state index in [2.05, 4.69) is 33.2 Å². The quantitative estimate of drug-likeness (QED) is 0.897. The van der Waals surface area contributed by atoms with Crippen molar-refractivity contribution in [2.45, 2.75) is 45.1 Å². The minimum absolute atomic E-state index is 0.166. The predicted octanol–water partition coefficient (Wildman–Crippen LogP) is 3.51. The number of nitrogens with zero attached hydrogens (tertiary/aromatic N) is 1. The van der Waals surface area contributed by atoms with Crippen molar-refractivity contribution in [1.29, 1.82) is 0 Å². The van der Waals surface area contributed by atoms with E-state index >= 15 is 0 Å². The smallest absolute Gasteiger partial charge is 0.140 e. The number of aliphatic hydroxyl groups excluding tert-OH is 1. The van der Waals surface area contributed by atoms with Crippen LogP contribution in [0.3, 0.4) is 0 Å². The van der Waals surface area contributed by atoms with Crippen molar-refractivity contribution in [3.63, 3.8) is 0 Å². The normalized spacial score (nSPS) is 28.1. The van der Waals surface area contributed by atoms with Crippen molar-refractivity contribution < 1.29 is 5.11 Å². The molecule has 0 bridgehead atoms. The van der Waals surface area contributed by atoms with Crippen LogP contribution in [0.1, 0.15) is 38.2 Å². The summed E-state index contributed by atoms with van der Waals surface area (Å²) in [7, 11) is 0. The summed E-state index contributed by atoms with van der Waals surface area (Å²) in [6.45, 7) is 4.44. The highest BCUT2D eigenvalue weighted by atomic mass is 79.9. The minimum Gasteiger partial charge on any atom is -0.394 e. The van der Waals surface area contributed by atoms with Crippen LogP contribution in [0.25, 0.3) is 0 Å². The number of halogens is 1. The van der Waals surface area contributed by atoms with Crippen LogP contribution < -0.4 is 5.32 Å². The van der Waals surface area contributed by atoms with Gasteiger partial charge in [0, 0.05) is 6.20 Å². The van der Waals surface area contributed by atoms with Gasteiger partial charge >= 0.3 is 0 Å². The lowest BCUT2D eigenvalue weighted by Crippen LogP contribution is -2.46. The van der Waals surface area contributed by atoms with E-state index in [0.717, 1.165) is 35.1 Å². The Balaban J connectivity index is 2.19. The second-order valence-electron chi connectivity index (χ2n) is 5.61. The Morgan fingerprint density at radius 1 is 1.61 bits per heavy atom. The van der Waals surface area contributed by atoms with Crippen LogP contribution in [0.2, 0.25) is 0 Å². The van der Waals surface area contributed by atoms with E-state index in [9.17, 15) is 5.11 Å². The summed E-state index contributed by atoms with van der Waals surface area (Å²) in [5, 5.41) is 13.2. The van der Waals surface area contributed by atoms with Crippen molar-refractivity contribution in [2.24, 2.45) is 5.92 Å². The number of nitrogens with one attached hydrogen (secondary N) is 1. The van der Waals surface area contributed by atoms with Crippen molar-refractivity contribution in [3.8, 4) is 0 Å². The van der Waals surface area contributed by atoms with Gasteiger partial charge < -0.3 is 10.4 Å². The van der Waals surface area contributed by atoms with Crippen LogP contribution in [0, 0.1) is 12.8 Å². The fourth-order valence-corrected chi connectivity index (χ4v) is 3.40. The monoisotopic (exact) mass is 312 g/mol. The van der Waals surface area contributed by atoms with Gasteiger partial charge in [0.05, 0.1) is 16.6 Å². The maximum Gasteiger partial charge on any atom is 0.140 e. The standard InChI is InChI=1S/C14H21BrN2O/c1-10-4-3-5-14(7-10,9-18)17-13-12(15)6-11(2)8-16-13/h6,8,10,18H,3-5,7,9H2,1-2H3,(H,16,17). The van der Waals surface area contributed by atoms with E-state index in [1.54, 1.807) is 0 Å². The van der Waals surface area contributed by atoms with E-state index in [0.29, 0.717) is 5.92 Å². The number of anilines is 1. The molecule has 4 heteroatoms. The summed E-state index contributed by atoms with van der Waals surface area (Å²) < 4.78 is 0.966. The largest absolute Gasteiger partial charge is 0.394 e. The first-order chi connectivity index (χ1) is 8.54. The molecular formula is C14H21BrN2O. The number of pyridine rings is 1. The zero-order valence-corrected chi connectivity index (χ0v) is 12.6. The number of aromatic nitrogens is 1. The third-order valence-corrected chi connectivity index (χ3v) is 4.36. The van der Waals surface area contributed by atoms with Crippen molar-refractivity contribution >= 4 is 21.7 Å². The van der Waals surface area contributed by atoms with Crippen LogP contribution >= 0.6 is 15.9 Å². The Morgan fingerprint density at radius 3 is 3.00 bits per heavy atom. The number of aliphatic hydroxyl groups is 1. The van der Waals surface area contributed by atoms with E-state index in [1.165, 1.54) is 6.42 Å². The molecule has 0 saturated heterocycles. The molecule has 2 atom stereocenters. The molecule has 2 rings (SSSR count). The molecule has 0 aromatic carbocycles. The molecule has 0 aliphatic heterocycles. The summed E-state index contributed by atoms with van der Waals surface area (Å²) in [5.74, 6) is 1.49. The van der Waals surface area contributed by atoms with Crippen LogP contribution in [0.15, 0.2) is 16.7 Å². The summed E-state index contributed by atoms with van der Waals surface area (Å²) >= 11 is 3.54. The maximum atomic E-state index is 9.76. The Hall–Kier alpha value is -0.610. The molecule has 2 N–H and O–H groups in total. The molecular weight excluding hydrogens is 292 g/mol. The lowest BCUT2D eigenvalue weighted by atomic mass is 9.77. The van der Waals surface area contributed by atoms with E-state index in [4.69, 9.17) is 0 Å². The number of aryl methyl sites for hydroxylation is 1. The Bertz CT molecular complexity index is 424. The molecule has 1 aromatic heterocycles. The highest BCUT2D eigenvalue weighted by Gasteiger charge is 2.34. The SMILES string of the molecule is Cc1cnc(NC2(CO)CCCC(C)C2)c(Br)c1. The summed E-state index contributed by atoms with van der Waals surface area (Å²) in [6, 6.07) is 2.05. The second-order valence-corrected chi connectivity index (χ2v) is 6.46. The first-order valence-electron chi connectivity index (χ1n) is 6.56. The third kappa shape index (κ3) is 3.04. The van der Waals surface area contributed by atoms with Crippen molar-refractivity contribution in [2.75, 3.05) is 11.9 Å². The van der Waals surface area contributed by atoms with Crippen molar-refractivity contribution in [1.82, 2.24) is 4.98 Å². The molecule has 1 aliphatic rings. The first-order valence-corrected chi connectivity index (χ1v) is 7.35. The Labute approximate surface area is 117 Å². The van der Waals surface area contributed by atoms with Gasteiger partial charge in [-0.3, -0.25) is 0 Å². The molecule has 1 aliphatic carbocycles. The van der Waals surface area contributed by atoms with E-state index in [-0.39, 0.29) is 12.1 Å². The molecule has 1 heterocycles. The summed E-state index contributed by atoms with van der Waals surface area (Å²) in [5.41, 5.74) is 0.921. The fraction of sp³-hybridized carbons (Fsp3) is 0.643. The zero-order chi connectivity index (χ0) is 13.2. The van der Waals surface area contributed by atoms with Gasteiger partial charge in [-0.1, -0.05) is 19.8 Å². The van der Waals surface area contributed by atoms with Gasteiger partial charge in [-0.05, 0) is 53.2 Å². The molecule has 100 valence electrons. The predicted molar refractivity (Wildman–Crippen MR) is 77.7 cm³/mol. The highest BCUT2D eigenvalue weighted by molar-refractivity contribution is 9.10. The van der Waals surface area contributed by atoms with Crippen LogP contribution in [0.5, 0.6) is 0 Å². The van der Waals surface area contributed by atoms with Crippen LogP contribution in [-0.4, -0.2) is 22.2 Å². The zero-order valence-electron chi connectivity index (χ0n) is 11.0. The molecule has 0 spiro atoms. The summed E-state index contributed by atoms with van der Waals surface area (Å²) in [4.78, 5) is 4.42. The molecule has 1 fully saturated rings. The molecule has 0 amide bonds. The lowest BCUT2D eigenvalue weighted by Gasteiger charge is -2.40. The van der Waals surface area contributed by atoms with E-state index < -0.39 is 0 Å². The first kappa shape index (κ1) is 13.8. The second kappa shape index (κ2) is 5.57. The van der Waals surface area contributed by atoms with Gasteiger partial charge in [-0.25, -0.2) is 4.98 Å². The molecule has 1 saturated carbocycles. The van der Waals surface area contributed by atoms with Gasteiger partial charge in [0.15, 0.2) is 0 Å². The molecule has 18 heavy (non-hydrogen) atoms. The average molecular weight is 313 g/mol. The Kier molecular flexibility index (Phi) is 4.28. The van der Waals surface area contributed by atoms with E-state index in [1.807, 2.05) is 19.2 Å². The van der Waals surface area contributed by atoms with Gasteiger partial charge in [0.1, 0.15) is 5.82 Å². The van der Waals surface area contributed by atoms with Gasteiger partial charge in [-0.15, -0.1) is 0 Å². The molecule has 3 nitrogen and oxygen atoms in total. The molecule has 0 radical (unpaired) electrons. The number of hydrogen-bond donors (Lipinski definition) is 2. The lowest BCUT2D eigenvalue weighted by molar-refractivity contribution is 0.149. The van der Waals surface area contributed by atoms with Crippen molar-refractivity contribution in [3.05, 3.63) is 22.3 Å². The van der Waals surface area contributed by atoms with Gasteiger partial charge in [-0.2, -0.15) is 0 Å². The molecule has 2 unspecified atom stereocenters. The minimum atomic E-state index is -0.206. The Morgan fingerprint density at radius 2 is 2.39 bits per heavy atom. The number of hydrogen-bond acceptors (Lipinski definition) is 3. The van der Waals surface area contributed by atoms with Gasteiger partial charge in [0.25, 0.3) is 0 Å². The number of rotatable bonds is 3. The fourth-order valence-electron chi connectivity index (χ4n) is 2.83. The highest BCUT2D eigenvalue weighted by Crippen LogP contribution is 2.35. The van der Waals surface area contributed by atoms with Crippen LogP contribution in [0.4, 0.5) is 5.82 Å². The van der Waals surface area contributed by atoms with Gasteiger partial charge in [0.2, 0.25) is 0 Å². The van der Waals surface area contributed by atoms with Crippen LogP contribution in [-0.2, 0) is 0 Å². The average Bonchev–Trinajstić information content (AvgIpc) is 2.33.